The summed E-state index contributed by atoms with van der Waals surface area (Å²) in [5.41, 5.74) is 5.93. The first kappa shape index (κ1) is 12.7. The Morgan fingerprint density at radius 3 is 2.59 bits per heavy atom. The van der Waals surface area contributed by atoms with E-state index in [1.54, 1.807) is 0 Å². The van der Waals surface area contributed by atoms with Crippen LogP contribution in [0.4, 0.5) is 0 Å². The van der Waals surface area contributed by atoms with Gasteiger partial charge >= 0.3 is 0 Å². The van der Waals surface area contributed by atoms with Gasteiger partial charge in [0.05, 0.1) is 6.61 Å². The highest BCUT2D eigenvalue weighted by molar-refractivity contribution is 5.78. The van der Waals surface area contributed by atoms with E-state index >= 15 is 0 Å². The molecule has 1 aliphatic heterocycles. The molecule has 0 aromatic carbocycles. The maximum Gasteiger partial charge on any atom is 0.188 e. The Labute approximate surface area is 104 Å². The van der Waals surface area contributed by atoms with Crippen LogP contribution in [-0.2, 0) is 4.74 Å². The quantitative estimate of drug-likeness (QED) is 0.447. The first-order valence-electron chi connectivity index (χ1n) is 6.99. The normalized spacial score (nSPS) is 28.0. The molecule has 2 fully saturated rings. The Balaban J connectivity index is 1.70. The van der Waals surface area contributed by atoms with Crippen LogP contribution in [0.2, 0.25) is 0 Å². The molecule has 0 aromatic rings. The average Bonchev–Trinajstić information content (AvgIpc) is 2.72. The summed E-state index contributed by atoms with van der Waals surface area (Å²) in [5, 5.41) is 3.37. The molecule has 2 aliphatic rings. The number of hydrogen-bond acceptors (Lipinski definition) is 2. The van der Waals surface area contributed by atoms with E-state index in [0.29, 0.717) is 17.9 Å². The number of guanidine groups is 1. The van der Waals surface area contributed by atoms with Crippen molar-refractivity contribution in [2.75, 3.05) is 19.8 Å². The molecular formula is C13H25N3O. The van der Waals surface area contributed by atoms with Gasteiger partial charge in [0.15, 0.2) is 5.96 Å². The van der Waals surface area contributed by atoms with Gasteiger partial charge in [0.2, 0.25) is 0 Å². The number of aliphatic imine (C=N–C) groups is 1. The van der Waals surface area contributed by atoms with E-state index in [1.165, 1.54) is 38.5 Å². The van der Waals surface area contributed by atoms with Crippen molar-refractivity contribution in [1.82, 2.24) is 5.32 Å². The maximum atomic E-state index is 5.93. The van der Waals surface area contributed by atoms with E-state index in [-0.39, 0.29) is 0 Å². The predicted molar refractivity (Wildman–Crippen MR) is 70.0 cm³/mol. The SMILES string of the molecule is NC(=NCC1CCOC1)NC1CCCCCC1. The van der Waals surface area contributed by atoms with Gasteiger partial charge in [0.1, 0.15) is 0 Å². The summed E-state index contributed by atoms with van der Waals surface area (Å²) in [5.74, 6) is 1.20. The molecular weight excluding hydrogens is 214 g/mol. The highest BCUT2D eigenvalue weighted by atomic mass is 16.5. The lowest BCUT2D eigenvalue weighted by Gasteiger charge is -2.17. The van der Waals surface area contributed by atoms with Crippen molar-refractivity contribution in [2.45, 2.75) is 51.0 Å². The Kier molecular flexibility index (Phi) is 5.10. The molecule has 1 aliphatic carbocycles. The highest BCUT2D eigenvalue weighted by Crippen LogP contribution is 2.17. The van der Waals surface area contributed by atoms with E-state index in [4.69, 9.17) is 10.5 Å². The molecule has 0 radical (unpaired) electrons. The summed E-state index contributed by atoms with van der Waals surface area (Å²) >= 11 is 0. The fraction of sp³-hybridized carbons (Fsp3) is 0.923. The fourth-order valence-electron chi connectivity index (χ4n) is 2.63. The van der Waals surface area contributed by atoms with Crippen molar-refractivity contribution in [2.24, 2.45) is 16.6 Å². The van der Waals surface area contributed by atoms with Gasteiger partial charge in [-0.3, -0.25) is 4.99 Å². The summed E-state index contributed by atoms with van der Waals surface area (Å²) in [6, 6.07) is 0.543. The largest absolute Gasteiger partial charge is 0.381 e. The molecule has 1 heterocycles. The second-order valence-corrected chi connectivity index (χ2v) is 5.29. The van der Waals surface area contributed by atoms with Crippen molar-refractivity contribution >= 4 is 5.96 Å². The van der Waals surface area contributed by atoms with Gasteiger partial charge in [0.25, 0.3) is 0 Å². The zero-order chi connectivity index (χ0) is 11.9. The Bertz CT molecular complexity index is 241. The van der Waals surface area contributed by atoms with Crippen LogP contribution in [-0.4, -0.2) is 31.8 Å². The van der Waals surface area contributed by atoms with E-state index in [9.17, 15) is 0 Å². The van der Waals surface area contributed by atoms with Crippen LogP contribution >= 0.6 is 0 Å². The summed E-state index contributed by atoms with van der Waals surface area (Å²) in [6.45, 7) is 2.54. The van der Waals surface area contributed by atoms with Crippen molar-refractivity contribution < 1.29 is 4.74 Å². The number of nitrogens with one attached hydrogen (secondary N) is 1. The van der Waals surface area contributed by atoms with Crippen molar-refractivity contribution in [3.8, 4) is 0 Å². The van der Waals surface area contributed by atoms with Crippen molar-refractivity contribution in [3.05, 3.63) is 0 Å². The van der Waals surface area contributed by atoms with Gasteiger partial charge in [-0.2, -0.15) is 0 Å². The number of ether oxygens (including phenoxy) is 1. The molecule has 1 saturated heterocycles. The smallest absolute Gasteiger partial charge is 0.188 e. The zero-order valence-corrected chi connectivity index (χ0v) is 10.7. The average molecular weight is 239 g/mol. The third-order valence-electron chi connectivity index (χ3n) is 3.75. The number of nitrogens with zero attached hydrogens (tertiary/aromatic N) is 1. The van der Waals surface area contributed by atoms with E-state index in [1.807, 2.05) is 0 Å². The first-order valence-corrected chi connectivity index (χ1v) is 6.99. The minimum Gasteiger partial charge on any atom is -0.381 e. The van der Waals surface area contributed by atoms with Gasteiger partial charge in [-0.1, -0.05) is 25.7 Å². The summed E-state index contributed by atoms with van der Waals surface area (Å²) < 4.78 is 5.33. The van der Waals surface area contributed by atoms with Crippen LogP contribution in [0.5, 0.6) is 0 Å². The molecule has 1 atom stereocenters. The third-order valence-corrected chi connectivity index (χ3v) is 3.75. The van der Waals surface area contributed by atoms with Crippen LogP contribution in [0, 0.1) is 5.92 Å². The van der Waals surface area contributed by atoms with Gasteiger partial charge in [-0.25, -0.2) is 0 Å². The van der Waals surface area contributed by atoms with Crippen LogP contribution < -0.4 is 11.1 Å². The lowest BCUT2D eigenvalue weighted by atomic mass is 10.1. The Morgan fingerprint density at radius 1 is 1.18 bits per heavy atom. The van der Waals surface area contributed by atoms with E-state index < -0.39 is 0 Å². The van der Waals surface area contributed by atoms with Gasteiger partial charge in [-0.05, 0) is 19.3 Å². The third kappa shape index (κ3) is 4.54. The minimum absolute atomic E-state index is 0.543. The van der Waals surface area contributed by atoms with Crippen LogP contribution in [0.3, 0.4) is 0 Å². The van der Waals surface area contributed by atoms with Crippen molar-refractivity contribution in [1.29, 1.82) is 0 Å². The second kappa shape index (κ2) is 6.84. The molecule has 1 saturated carbocycles. The molecule has 17 heavy (non-hydrogen) atoms. The van der Waals surface area contributed by atoms with Gasteiger partial charge < -0.3 is 15.8 Å². The van der Waals surface area contributed by atoms with Crippen molar-refractivity contribution in [3.63, 3.8) is 0 Å². The number of rotatable bonds is 3. The van der Waals surface area contributed by atoms with E-state index in [2.05, 4.69) is 10.3 Å². The van der Waals surface area contributed by atoms with Crippen LogP contribution in [0.25, 0.3) is 0 Å². The fourth-order valence-corrected chi connectivity index (χ4v) is 2.63. The highest BCUT2D eigenvalue weighted by Gasteiger charge is 2.16. The number of nitrogens with two attached hydrogens (primary N) is 1. The molecule has 3 N–H and O–H groups in total. The minimum atomic E-state index is 0.543. The van der Waals surface area contributed by atoms with Crippen LogP contribution in [0.1, 0.15) is 44.9 Å². The lowest BCUT2D eigenvalue weighted by molar-refractivity contribution is 0.187. The Morgan fingerprint density at radius 2 is 1.94 bits per heavy atom. The molecule has 4 heteroatoms. The van der Waals surface area contributed by atoms with E-state index in [0.717, 1.165) is 26.2 Å². The topological polar surface area (TPSA) is 59.6 Å². The molecule has 0 amide bonds. The summed E-state index contributed by atoms with van der Waals surface area (Å²) in [4.78, 5) is 4.43. The standard InChI is InChI=1S/C13H25N3O/c14-13(15-9-11-7-8-17-10-11)16-12-5-3-1-2-4-6-12/h11-12H,1-10H2,(H3,14,15,16). The molecule has 0 aromatic heterocycles. The zero-order valence-electron chi connectivity index (χ0n) is 10.7. The molecule has 0 spiro atoms. The number of hydrogen-bond donors (Lipinski definition) is 2. The van der Waals surface area contributed by atoms with Gasteiger partial charge in [-0.15, -0.1) is 0 Å². The molecule has 98 valence electrons. The van der Waals surface area contributed by atoms with Crippen LogP contribution in [0.15, 0.2) is 4.99 Å². The second-order valence-electron chi connectivity index (χ2n) is 5.29. The summed E-state index contributed by atoms with van der Waals surface area (Å²) in [7, 11) is 0. The lowest BCUT2D eigenvalue weighted by Crippen LogP contribution is -2.40. The van der Waals surface area contributed by atoms with Gasteiger partial charge in [0, 0.05) is 25.1 Å². The monoisotopic (exact) mass is 239 g/mol. The Hall–Kier alpha value is -0.770. The molecule has 4 nitrogen and oxygen atoms in total. The first-order chi connectivity index (χ1) is 8.34. The molecule has 2 rings (SSSR count). The maximum absolute atomic E-state index is 5.93. The molecule has 0 bridgehead atoms. The predicted octanol–water partition coefficient (Wildman–Crippen LogP) is 1.65. The summed E-state index contributed by atoms with van der Waals surface area (Å²) in [6.07, 6.45) is 8.98. The molecule has 1 unspecified atom stereocenters.